The highest BCUT2D eigenvalue weighted by atomic mass is 16.5. The summed E-state index contributed by atoms with van der Waals surface area (Å²) in [5.74, 6) is 0.786. The monoisotopic (exact) mass is 292 g/mol. The minimum absolute atomic E-state index is 0.423. The van der Waals surface area contributed by atoms with Crippen LogP contribution in [0.5, 0.6) is 5.75 Å². The van der Waals surface area contributed by atoms with Crippen molar-refractivity contribution in [2.24, 2.45) is 0 Å². The summed E-state index contributed by atoms with van der Waals surface area (Å²) in [6.07, 6.45) is 4.84. The molecule has 4 aromatic rings. The first-order valence-corrected chi connectivity index (χ1v) is 6.76. The molecule has 3 aromatic heterocycles. The van der Waals surface area contributed by atoms with Crippen molar-refractivity contribution >= 4 is 5.65 Å². The molecule has 0 aliphatic heterocycles. The maximum Gasteiger partial charge on any atom is 0.155 e. The zero-order valence-electron chi connectivity index (χ0n) is 11.6. The number of fused-ring (bicyclic) bond motifs is 1. The van der Waals surface area contributed by atoms with Gasteiger partial charge in [-0.05, 0) is 36.4 Å². The summed E-state index contributed by atoms with van der Waals surface area (Å²) in [6, 6.07) is 13.5. The fourth-order valence-electron chi connectivity index (χ4n) is 2.22. The number of pyridine rings is 1. The minimum atomic E-state index is 0.423. The van der Waals surface area contributed by atoms with E-state index in [4.69, 9.17) is 4.74 Å². The Kier molecular flexibility index (Phi) is 3.01. The molecule has 108 valence electrons. The SMILES string of the molecule is c1cc(COc2ccc(-n3cnnc3)cc2)n2ncnc2c1. The molecule has 7 heteroatoms. The van der Waals surface area contributed by atoms with Crippen LogP contribution < -0.4 is 4.74 Å². The van der Waals surface area contributed by atoms with Gasteiger partial charge in [-0.1, -0.05) is 6.07 Å². The third kappa shape index (κ3) is 2.28. The maximum atomic E-state index is 5.81. The van der Waals surface area contributed by atoms with Crippen LogP contribution in [0.2, 0.25) is 0 Å². The molecule has 0 saturated carbocycles. The Labute approximate surface area is 125 Å². The number of rotatable bonds is 4. The fourth-order valence-corrected chi connectivity index (χ4v) is 2.22. The number of ether oxygens (including phenoxy) is 1. The maximum absolute atomic E-state index is 5.81. The van der Waals surface area contributed by atoms with Crippen LogP contribution in [0, 0.1) is 0 Å². The van der Waals surface area contributed by atoms with Gasteiger partial charge < -0.3 is 4.74 Å². The third-order valence-electron chi connectivity index (χ3n) is 3.32. The molecule has 4 rings (SSSR count). The number of hydrogen-bond donors (Lipinski definition) is 0. The molecule has 0 saturated heterocycles. The summed E-state index contributed by atoms with van der Waals surface area (Å²) in [6.45, 7) is 0.423. The van der Waals surface area contributed by atoms with E-state index in [2.05, 4.69) is 20.3 Å². The van der Waals surface area contributed by atoms with Gasteiger partial charge in [0.05, 0.1) is 5.69 Å². The molecule has 0 aliphatic carbocycles. The second-order valence-corrected chi connectivity index (χ2v) is 4.70. The lowest BCUT2D eigenvalue weighted by Gasteiger charge is -2.08. The molecule has 0 bridgehead atoms. The van der Waals surface area contributed by atoms with Crippen molar-refractivity contribution in [1.29, 1.82) is 0 Å². The summed E-state index contributed by atoms with van der Waals surface area (Å²) < 4.78 is 9.42. The van der Waals surface area contributed by atoms with Gasteiger partial charge in [-0.2, -0.15) is 5.10 Å². The smallest absolute Gasteiger partial charge is 0.155 e. The molecule has 0 N–H and O–H groups in total. The first kappa shape index (κ1) is 12.5. The standard InChI is InChI=1S/C15H12N6O/c1-2-13(21-15(3-1)16-9-19-21)8-22-14-6-4-12(5-7-14)20-10-17-18-11-20/h1-7,9-11H,8H2. The van der Waals surface area contributed by atoms with E-state index in [1.54, 1.807) is 17.2 Å². The van der Waals surface area contributed by atoms with Crippen LogP contribution in [0.1, 0.15) is 5.69 Å². The average Bonchev–Trinajstić information content (AvgIpc) is 3.24. The topological polar surface area (TPSA) is 70.1 Å². The average molecular weight is 292 g/mol. The van der Waals surface area contributed by atoms with E-state index in [9.17, 15) is 0 Å². The fraction of sp³-hybridized carbons (Fsp3) is 0.0667. The Balaban J connectivity index is 1.51. The Morgan fingerprint density at radius 3 is 2.59 bits per heavy atom. The van der Waals surface area contributed by atoms with Crippen molar-refractivity contribution in [1.82, 2.24) is 29.4 Å². The Bertz CT molecular complexity index is 882. The highest BCUT2D eigenvalue weighted by molar-refractivity contribution is 5.38. The predicted octanol–water partition coefficient (Wildman–Crippen LogP) is 1.89. The summed E-state index contributed by atoms with van der Waals surface area (Å²) >= 11 is 0. The molecule has 0 spiro atoms. The van der Waals surface area contributed by atoms with Gasteiger partial charge in [0, 0.05) is 5.69 Å². The first-order valence-electron chi connectivity index (χ1n) is 6.76. The molecular formula is C15H12N6O. The van der Waals surface area contributed by atoms with Crippen LogP contribution in [-0.2, 0) is 6.61 Å². The largest absolute Gasteiger partial charge is 0.487 e. The van der Waals surface area contributed by atoms with Crippen LogP contribution in [0.25, 0.3) is 11.3 Å². The molecular weight excluding hydrogens is 280 g/mol. The van der Waals surface area contributed by atoms with Gasteiger partial charge in [0.25, 0.3) is 0 Å². The molecule has 7 nitrogen and oxygen atoms in total. The van der Waals surface area contributed by atoms with Gasteiger partial charge in [-0.15, -0.1) is 10.2 Å². The number of benzene rings is 1. The van der Waals surface area contributed by atoms with E-state index in [1.807, 2.05) is 47.0 Å². The zero-order chi connectivity index (χ0) is 14.8. The van der Waals surface area contributed by atoms with Gasteiger partial charge in [-0.3, -0.25) is 4.57 Å². The van der Waals surface area contributed by atoms with Gasteiger partial charge in [0.15, 0.2) is 5.65 Å². The van der Waals surface area contributed by atoms with E-state index in [-0.39, 0.29) is 0 Å². The normalized spacial score (nSPS) is 10.9. The summed E-state index contributed by atoms with van der Waals surface area (Å²) in [5, 5.41) is 11.8. The molecule has 0 aliphatic rings. The lowest BCUT2D eigenvalue weighted by atomic mass is 10.3. The molecule has 0 atom stereocenters. The Morgan fingerprint density at radius 1 is 0.955 bits per heavy atom. The van der Waals surface area contributed by atoms with Crippen LogP contribution in [0.3, 0.4) is 0 Å². The van der Waals surface area contributed by atoms with E-state index in [1.165, 1.54) is 6.33 Å². The number of hydrogen-bond acceptors (Lipinski definition) is 5. The Hall–Kier alpha value is -3.22. The second kappa shape index (κ2) is 5.28. The molecule has 0 fully saturated rings. The summed E-state index contributed by atoms with van der Waals surface area (Å²) in [7, 11) is 0. The lowest BCUT2D eigenvalue weighted by molar-refractivity contribution is 0.298. The summed E-state index contributed by atoms with van der Waals surface area (Å²) in [4.78, 5) is 4.16. The van der Waals surface area contributed by atoms with Crippen molar-refractivity contribution < 1.29 is 4.74 Å². The van der Waals surface area contributed by atoms with Crippen molar-refractivity contribution in [3.05, 3.63) is 67.1 Å². The van der Waals surface area contributed by atoms with Crippen LogP contribution in [-0.4, -0.2) is 29.4 Å². The van der Waals surface area contributed by atoms with E-state index in [0.29, 0.717) is 6.61 Å². The van der Waals surface area contributed by atoms with Crippen LogP contribution in [0.15, 0.2) is 61.4 Å². The van der Waals surface area contributed by atoms with E-state index < -0.39 is 0 Å². The van der Waals surface area contributed by atoms with E-state index >= 15 is 0 Å². The van der Waals surface area contributed by atoms with Crippen molar-refractivity contribution in [3.63, 3.8) is 0 Å². The highest BCUT2D eigenvalue weighted by Crippen LogP contribution is 2.16. The van der Waals surface area contributed by atoms with E-state index in [0.717, 1.165) is 22.8 Å². The van der Waals surface area contributed by atoms with Crippen molar-refractivity contribution in [2.45, 2.75) is 6.61 Å². The highest BCUT2D eigenvalue weighted by Gasteiger charge is 2.03. The molecule has 3 heterocycles. The predicted molar refractivity (Wildman–Crippen MR) is 78.7 cm³/mol. The third-order valence-corrected chi connectivity index (χ3v) is 3.32. The lowest BCUT2D eigenvalue weighted by Crippen LogP contribution is -2.03. The molecule has 0 unspecified atom stereocenters. The summed E-state index contributed by atoms with van der Waals surface area (Å²) in [5.41, 5.74) is 2.73. The van der Waals surface area contributed by atoms with Gasteiger partial charge in [0.1, 0.15) is 31.3 Å². The van der Waals surface area contributed by atoms with Gasteiger partial charge in [0.2, 0.25) is 0 Å². The minimum Gasteiger partial charge on any atom is -0.487 e. The van der Waals surface area contributed by atoms with Gasteiger partial charge in [-0.25, -0.2) is 9.50 Å². The molecule has 22 heavy (non-hydrogen) atoms. The molecule has 0 amide bonds. The quantitative estimate of drug-likeness (QED) is 0.574. The number of aromatic nitrogens is 6. The van der Waals surface area contributed by atoms with Crippen molar-refractivity contribution in [2.75, 3.05) is 0 Å². The zero-order valence-corrected chi connectivity index (χ0v) is 11.6. The first-order chi connectivity index (χ1) is 10.9. The van der Waals surface area contributed by atoms with Crippen LogP contribution in [0.4, 0.5) is 0 Å². The van der Waals surface area contributed by atoms with Gasteiger partial charge >= 0.3 is 0 Å². The molecule has 1 aromatic carbocycles. The molecule has 0 radical (unpaired) electrons. The Morgan fingerprint density at radius 2 is 1.77 bits per heavy atom. The second-order valence-electron chi connectivity index (χ2n) is 4.70. The number of nitrogens with zero attached hydrogens (tertiary/aromatic N) is 6. The van der Waals surface area contributed by atoms with Crippen molar-refractivity contribution in [3.8, 4) is 11.4 Å². The van der Waals surface area contributed by atoms with Crippen LogP contribution >= 0.6 is 0 Å².